The van der Waals surface area contributed by atoms with Gasteiger partial charge in [0.05, 0.1) is 6.20 Å². The van der Waals surface area contributed by atoms with Crippen molar-refractivity contribution in [3.63, 3.8) is 0 Å². The Morgan fingerprint density at radius 2 is 2.27 bits per heavy atom. The van der Waals surface area contributed by atoms with Gasteiger partial charge in [-0.3, -0.25) is 9.48 Å². The van der Waals surface area contributed by atoms with Gasteiger partial charge in [-0.2, -0.15) is 5.10 Å². The van der Waals surface area contributed by atoms with Gasteiger partial charge in [0, 0.05) is 31.9 Å². The number of piperidine rings is 1. The van der Waals surface area contributed by atoms with Gasteiger partial charge < -0.3 is 10.2 Å². The number of nitrogens with zero attached hydrogens (tertiary/aromatic N) is 3. The van der Waals surface area contributed by atoms with Crippen LogP contribution < -0.4 is 5.32 Å². The molecule has 2 rings (SSSR count). The smallest absolute Gasteiger partial charge is 0.244 e. The summed E-state index contributed by atoms with van der Waals surface area (Å²) in [4.78, 5) is 14.9. The van der Waals surface area contributed by atoms with Crippen molar-refractivity contribution in [2.45, 2.75) is 45.6 Å². The molecule has 0 bridgehead atoms. The minimum atomic E-state index is -0.289. The maximum Gasteiger partial charge on any atom is 0.244 e. The van der Waals surface area contributed by atoms with Crippen LogP contribution >= 0.6 is 12.4 Å². The fourth-order valence-corrected chi connectivity index (χ4v) is 3.52. The molecule has 0 aliphatic carbocycles. The lowest BCUT2D eigenvalue weighted by atomic mass is 9.78. The molecule has 2 heterocycles. The van der Waals surface area contributed by atoms with Crippen molar-refractivity contribution in [2.75, 3.05) is 20.1 Å². The molecule has 2 atom stereocenters. The minimum absolute atomic E-state index is 0. The summed E-state index contributed by atoms with van der Waals surface area (Å²) in [6.45, 7) is 6.28. The molecule has 1 amide bonds. The number of hydrogen-bond acceptors (Lipinski definition) is 3. The quantitative estimate of drug-likeness (QED) is 0.903. The van der Waals surface area contributed by atoms with E-state index >= 15 is 0 Å². The number of carbonyl (C=O) groups is 1. The number of nitrogens with one attached hydrogen (secondary N) is 1. The summed E-state index contributed by atoms with van der Waals surface area (Å²) in [7, 11) is 3.71. The predicted molar refractivity (Wildman–Crippen MR) is 91.1 cm³/mol. The van der Waals surface area contributed by atoms with Crippen LogP contribution in [0.25, 0.3) is 0 Å². The Morgan fingerprint density at radius 1 is 1.55 bits per heavy atom. The molecule has 1 saturated heterocycles. The minimum Gasteiger partial charge on any atom is -0.340 e. The summed E-state index contributed by atoms with van der Waals surface area (Å²) in [5.74, 6) is 0.174. The maximum absolute atomic E-state index is 12.9. The number of hydrogen-bond donors (Lipinski definition) is 1. The summed E-state index contributed by atoms with van der Waals surface area (Å²) < 4.78 is 1.74. The number of rotatable bonds is 5. The molecule has 0 saturated carbocycles. The van der Waals surface area contributed by atoms with Crippen LogP contribution in [-0.4, -0.2) is 40.7 Å². The van der Waals surface area contributed by atoms with Crippen molar-refractivity contribution in [3.8, 4) is 0 Å². The number of likely N-dealkylation sites (tertiary alicyclic amines) is 1. The summed E-state index contributed by atoms with van der Waals surface area (Å²) >= 11 is 0. The van der Waals surface area contributed by atoms with Crippen LogP contribution in [0.4, 0.5) is 0 Å². The van der Waals surface area contributed by atoms with Gasteiger partial charge in [-0.25, -0.2) is 0 Å². The summed E-state index contributed by atoms with van der Waals surface area (Å²) in [6.07, 6.45) is 8.38. The molecular formula is C16H29ClN4O. The number of likely N-dealkylation sites (N-methyl/N-ethyl adjacent to an activating group) is 1. The number of amides is 1. The molecular weight excluding hydrogens is 300 g/mol. The van der Waals surface area contributed by atoms with Gasteiger partial charge >= 0.3 is 0 Å². The molecule has 1 aromatic rings. The zero-order chi connectivity index (χ0) is 15.5. The second-order valence-corrected chi connectivity index (χ2v) is 6.59. The number of carbonyl (C=O) groups excluding carboxylic acids is 1. The van der Waals surface area contributed by atoms with Crippen LogP contribution in [0.2, 0.25) is 0 Å². The highest BCUT2D eigenvalue weighted by atomic mass is 35.5. The first-order valence-corrected chi connectivity index (χ1v) is 7.93. The van der Waals surface area contributed by atoms with Crippen molar-refractivity contribution in [3.05, 3.63) is 18.0 Å². The number of aryl methyl sites for hydroxylation is 1. The largest absolute Gasteiger partial charge is 0.340 e. The fourth-order valence-electron chi connectivity index (χ4n) is 3.52. The standard InChI is InChI=1S/C16H28N4O.ClH/c1-5-7-16(2)8-6-9-20(12-16)15(21)14(17-3)13-10-18-19(4)11-13;/h10-11,14,17H,5-9,12H2,1-4H3;1H. The normalized spacial score (nSPS) is 23.0. The van der Waals surface area contributed by atoms with Crippen molar-refractivity contribution < 1.29 is 4.79 Å². The Kier molecular flexibility index (Phi) is 6.88. The van der Waals surface area contributed by atoms with Gasteiger partial charge in [0.1, 0.15) is 6.04 Å². The van der Waals surface area contributed by atoms with Crippen molar-refractivity contribution in [1.29, 1.82) is 0 Å². The van der Waals surface area contributed by atoms with Gasteiger partial charge in [-0.15, -0.1) is 12.4 Å². The van der Waals surface area contributed by atoms with E-state index in [0.29, 0.717) is 0 Å². The van der Waals surface area contributed by atoms with Gasteiger partial charge in [0.2, 0.25) is 5.91 Å². The number of halogens is 1. The van der Waals surface area contributed by atoms with E-state index < -0.39 is 0 Å². The molecule has 2 unspecified atom stereocenters. The molecule has 1 aliphatic heterocycles. The second kappa shape index (κ2) is 7.97. The van der Waals surface area contributed by atoms with Crippen LogP contribution in [0, 0.1) is 5.41 Å². The van der Waals surface area contributed by atoms with Gasteiger partial charge in [0.25, 0.3) is 0 Å². The Balaban J connectivity index is 0.00000242. The van der Waals surface area contributed by atoms with E-state index in [-0.39, 0.29) is 29.8 Å². The van der Waals surface area contributed by atoms with Crippen LogP contribution in [0.15, 0.2) is 12.4 Å². The van der Waals surface area contributed by atoms with E-state index in [0.717, 1.165) is 25.1 Å². The fraction of sp³-hybridized carbons (Fsp3) is 0.750. The Morgan fingerprint density at radius 3 is 2.82 bits per heavy atom. The average Bonchev–Trinajstić information content (AvgIpc) is 2.86. The number of aromatic nitrogens is 2. The maximum atomic E-state index is 12.9. The van der Waals surface area contributed by atoms with Crippen LogP contribution in [0.1, 0.15) is 51.1 Å². The third-order valence-corrected chi connectivity index (χ3v) is 4.54. The first kappa shape index (κ1) is 19.0. The van der Waals surface area contributed by atoms with E-state index in [4.69, 9.17) is 0 Å². The average molecular weight is 329 g/mol. The van der Waals surface area contributed by atoms with Gasteiger partial charge in [-0.05, 0) is 31.7 Å². The zero-order valence-electron chi connectivity index (χ0n) is 14.1. The highest BCUT2D eigenvalue weighted by Gasteiger charge is 2.35. The first-order chi connectivity index (χ1) is 9.99. The lowest BCUT2D eigenvalue weighted by Crippen LogP contribution is -2.48. The van der Waals surface area contributed by atoms with Crippen LogP contribution in [0.3, 0.4) is 0 Å². The Hall–Kier alpha value is -1.07. The molecule has 0 spiro atoms. The van der Waals surface area contributed by atoms with Gasteiger partial charge in [-0.1, -0.05) is 20.3 Å². The van der Waals surface area contributed by atoms with E-state index in [1.165, 1.54) is 19.3 Å². The van der Waals surface area contributed by atoms with Crippen LogP contribution in [0.5, 0.6) is 0 Å². The molecule has 5 nitrogen and oxygen atoms in total. The summed E-state index contributed by atoms with van der Waals surface area (Å²) in [6, 6.07) is -0.289. The Bertz CT molecular complexity index is 486. The molecule has 1 fully saturated rings. The molecule has 0 radical (unpaired) electrons. The Labute approximate surface area is 139 Å². The molecule has 1 aromatic heterocycles. The summed E-state index contributed by atoms with van der Waals surface area (Å²) in [5, 5.41) is 7.32. The SMILES string of the molecule is CCCC1(C)CCCN(C(=O)C(NC)c2cnn(C)c2)C1.Cl. The van der Waals surface area contributed by atoms with E-state index in [1.54, 1.807) is 10.9 Å². The molecule has 126 valence electrons. The summed E-state index contributed by atoms with van der Waals surface area (Å²) in [5.41, 5.74) is 1.21. The predicted octanol–water partition coefficient (Wildman–Crippen LogP) is 2.53. The second-order valence-electron chi connectivity index (χ2n) is 6.59. The molecule has 1 N–H and O–H groups in total. The van der Waals surface area contributed by atoms with Crippen molar-refractivity contribution >= 4 is 18.3 Å². The highest BCUT2D eigenvalue weighted by Crippen LogP contribution is 2.34. The van der Waals surface area contributed by atoms with Crippen molar-refractivity contribution in [1.82, 2.24) is 20.0 Å². The van der Waals surface area contributed by atoms with Crippen molar-refractivity contribution in [2.24, 2.45) is 12.5 Å². The lowest BCUT2D eigenvalue weighted by molar-refractivity contribution is -0.137. The third-order valence-electron chi connectivity index (χ3n) is 4.54. The highest BCUT2D eigenvalue weighted by molar-refractivity contribution is 5.85. The molecule has 1 aliphatic rings. The zero-order valence-corrected chi connectivity index (χ0v) is 14.9. The lowest BCUT2D eigenvalue weighted by Gasteiger charge is -2.41. The third kappa shape index (κ3) is 4.23. The molecule has 0 aromatic carbocycles. The van der Waals surface area contributed by atoms with E-state index in [1.807, 2.05) is 25.2 Å². The molecule has 6 heteroatoms. The first-order valence-electron chi connectivity index (χ1n) is 7.93. The van der Waals surface area contributed by atoms with E-state index in [9.17, 15) is 4.79 Å². The van der Waals surface area contributed by atoms with Crippen LogP contribution in [-0.2, 0) is 11.8 Å². The molecule has 22 heavy (non-hydrogen) atoms. The topological polar surface area (TPSA) is 50.2 Å². The van der Waals surface area contributed by atoms with Gasteiger partial charge in [0.15, 0.2) is 0 Å². The monoisotopic (exact) mass is 328 g/mol. The van der Waals surface area contributed by atoms with E-state index in [2.05, 4.69) is 24.3 Å².